The van der Waals surface area contributed by atoms with E-state index in [1.54, 1.807) is 12.1 Å². The molecule has 0 aromatic heterocycles. The highest BCUT2D eigenvalue weighted by atomic mass is 32.2. The topological polar surface area (TPSA) is 75.7 Å². The number of hydrogen-bond donors (Lipinski definition) is 1. The summed E-state index contributed by atoms with van der Waals surface area (Å²) in [7, 11) is -3.48. The number of carbonyl (C=O) groups is 1. The lowest BCUT2D eigenvalue weighted by atomic mass is 9.94. The Morgan fingerprint density at radius 2 is 1.88 bits per heavy atom. The molecule has 1 saturated carbocycles. The highest BCUT2D eigenvalue weighted by molar-refractivity contribution is 7.89. The number of ether oxygens (including phenoxy) is 1. The molecule has 6 nitrogen and oxygen atoms in total. The fraction of sp³-hybridized carbons (Fsp3) is 0.632. The van der Waals surface area contributed by atoms with E-state index in [4.69, 9.17) is 4.74 Å². The van der Waals surface area contributed by atoms with Crippen LogP contribution in [-0.4, -0.2) is 45.0 Å². The maximum absolute atomic E-state index is 12.8. The molecule has 0 spiro atoms. The number of fused-ring (bicyclic) bond motifs is 1. The zero-order valence-electron chi connectivity index (χ0n) is 14.9. The van der Waals surface area contributed by atoms with Crippen molar-refractivity contribution >= 4 is 15.9 Å². The average molecular weight is 378 g/mol. The molecule has 0 radical (unpaired) electrons. The second-order valence-corrected chi connectivity index (χ2v) is 9.29. The molecule has 1 aromatic carbocycles. The van der Waals surface area contributed by atoms with Gasteiger partial charge in [0.05, 0.1) is 4.90 Å². The third-order valence-corrected chi connectivity index (χ3v) is 7.33. The summed E-state index contributed by atoms with van der Waals surface area (Å²) in [6, 6.07) is 5.42. The first-order chi connectivity index (χ1) is 12.5. The van der Waals surface area contributed by atoms with Crippen LogP contribution < -0.4 is 4.72 Å². The smallest absolute Gasteiger partial charge is 0.240 e. The standard InChI is InChI=1S/C19H26N2O4S/c22-19(15-7-10-25-11-8-15)21-9-6-14-4-5-18(12-16(14)13-21)26(23,24)20-17-2-1-3-17/h4-5,12,15,17,20H,1-3,6-11,13H2. The highest BCUT2D eigenvalue weighted by Crippen LogP contribution is 2.27. The van der Waals surface area contributed by atoms with Crippen molar-refractivity contribution in [2.24, 2.45) is 5.92 Å². The van der Waals surface area contributed by atoms with Crippen molar-refractivity contribution < 1.29 is 17.9 Å². The fourth-order valence-electron chi connectivity index (χ4n) is 3.91. The number of nitrogens with one attached hydrogen (secondary N) is 1. The van der Waals surface area contributed by atoms with E-state index in [2.05, 4.69) is 4.72 Å². The summed E-state index contributed by atoms with van der Waals surface area (Å²) >= 11 is 0. The highest BCUT2D eigenvalue weighted by Gasteiger charge is 2.30. The van der Waals surface area contributed by atoms with Crippen LogP contribution in [-0.2, 0) is 32.5 Å². The largest absolute Gasteiger partial charge is 0.381 e. The number of amides is 1. The van der Waals surface area contributed by atoms with Gasteiger partial charge in [0.25, 0.3) is 0 Å². The molecular weight excluding hydrogens is 352 g/mol. The lowest BCUT2D eigenvalue weighted by molar-refractivity contribution is -0.139. The lowest BCUT2D eigenvalue weighted by Gasteiger charge is -2.33. The second kappa shape index (κ2) is 7.29. The van der Waals surface area contributed by atoms with E-state index in [0.29, 0.717) is 31.2 Å². The number of benzene rings is 1. The predicted octanol–water partition coefficient (Wildman–Crippen LogP) is 1.83. The normalized spacial score (nSPS) is 21.9. The van der Waals surface area contributed by atoms with Gasteiger partial charge in [-0.15, -0.1) is 0 Å². The van der Waals surface area contributed by atoms with Crippen molar-refractivity contribution in [2.75, 3.05) is 19.8 Å². The SMILES string of the molecule is O=C(C1CCOCC1)N1CCc2ccc(S(=O)(=O)NC3CCC3)cc2C1. The van der Waals surface area contributed by atoms with Crippen molar-refractivity contribution in [3.8, 4) is 0 Å². The molecule has 0 atom stereocenters. The number of carbonyl (C=O) groups excluding carboxylic acids is 1. The van der Waals surface area contributed by atoms with Crippen LogP contribution in [0, 0.1) is 5.92 Å². The van der Waals surface area contributed by atoms with Gasteiger partial charge in [0, 0.05) is 38.3 Å². The van der Waals surface area contributed by atoms with Gasteiger partial charge in [-0.05, 0) is 55.4 Å². The molecule has 1 saturated heterocycles. The first-order valence-corrected chi connectivity index (χ1v) is 11.0. The van der Waals surface area contributed by atoms with Crippen LogP contribution in [0.3, 0.4) is 0 Å². The van der Waals surface area contributed by atoms with Gasteiger partial charge in [-0.2, -0.15) is 0 Å². The van der Waals surface area contributed by atoms with Crippen LogP contribution in [0.1, 0.15) is 43.2 Å². The summed E-state index contributed by atoms with van der Waals surface area (Å²) in [5.74, 6) is 0.220. The van der Waals surface area contributed by atoms with E-state index >= 15 is 0 Å². The van der Waals surface area contributed by atoms with E-state index < -0.39 is 10.0 Å². The molecule has 1 aromatic rings. The van der Waals surface area contributed by atoms with Crippen LogP contribution in [0.4, 0.5) is 0 Å². The van der Waals surface area contributed by atoms with E-state index in [9.17, 15) is 13.2 Å². The quantitative estimate of drug-likeness (QED) is 0.867. The molecule has 4 rings (SSSR count). The molecule has 2 fully saturated rings. The Labute approximate surface area is 155 Å². The number of rotatable bonds is 4. The molecule has 3 aliphatic rings. The van der Waals surface area contributed by atoms with Crippen LogP contribution >= 0.6 is 0 Å². The molecule has 0 bridgehead atoms. The van der Waals surface area contributed by atoms with Crippen molar-refractivity contribution in [3.63, 3.8) is 0 Å². The minimum atomic E-state index is -3.48. The third-order valence-electron chi connectivity index (χ3n) is 5.81. The summed E-state index contributed by atoms with van der Waals surface area (Å²) in [5.41, 5.74) is 2.09. The summed E-state index contributed by atoms with van der Waals surface area (Å²) in [6.07, 6.45) is 5.25. The molecule has 1 amide bonds. The monoisotopic (exact) mass is 378 g/mol. The minimum absolute atomic E-state index is 0.0394. The first kappa shape index (κ1) is 17.9. The summed E-state index contributed by atoms with van der Waals surface area (Å²) < 4.78 is 33.3. The van der Waals surface area contributed by atoms with Gasteiger partial charge < -0.3 is 9.64 Å². The zero-order valence-corrected chi connectivity index (χ0v) is 15.8. The van der Waals surface area contributed by atoms with Gasteiger partial charge in [0.15, 0.2) is 0 Å². The molecule has 142 valence electrons. The van der Waals surface area contributed by atoms with Gasteiger partial charge in [-0.3, -0.25) is 4.79 Å². The van der Waals surface area contributed by atoms with Crippen molar-refractivity contribution in [2.45, 2.75) is 56.0 Å². The van der Waals surface area contributed by atoms with E-state index in [1.807, 2.05) is 11.0 Å². The molecule has 1 N–H and O–H groups in total. The predicted molar refractivity (Wildman–Crippen MR) is 97.1 cm³/mol. The van der Waals surface area contributed by atoms with Gasteiger partial charge in [-0.1, -0.05) is 12.5 Å². The number of nitrogens with zero attached hydrogens (tertiary/aromatic N) is 1. The average Bonchev–Trinajstić information content (AvgIpc) is 2.64. The van der Waals surface area contributed by atoms with Gasteiger partial charge in [0.2, 0.25) is 15.9 Å². The number of sulfonamides is 1. The second-order valence-electron chi connectivity index (χ2n) is 7.58. The molecule has 2 aliphatic heterocycles. The molecule has 26 heavy (non-hydrogen) atoms. The van der Waals surface area contributed by atoms with Crippen LogP contribution in [0.15, 0.2) is 23.1 Å². The Hall–Kier alpha value is -1.44. The molecule has 7 heteroatoms. The maximum atomic E-state index is 12.8. The van der Waals surface area contributed by atoms with Crippen LogP contribution in [0.25, 0.3) is 0 Å². The van der Waals surface area contributed by atoms with Gasteiger partial charge in [0.1, 0.15) is 0 Å². The Morgan fingerprint density at radius 1 is 1.12 bits per heavy atom. The summed E-state index contributed by atoms with van der Waals surface area (Å²) in [6.45, 7) is 2.50. The lowest BCUT2D eigenvalue weighted by Crippen LogP contribution is -2.41. The van der Waals surface area contributed by atoms with Gasteiger partial charge >= 0.3 is 0 Å². The van der Waals surface area contributed by atoms with E-state index in [0.717, 1.165) is 49.7 Å². The Morgan fingerprint density at radius 3 is 2.58 bits per heavy atom. The van der Waals surface area contributed by atoms with Crippen molar-refractivity contribution in [3.05, 3.63) is 29.3 Å². The fourth-order valence-corrected chi connectivity index (χ4v) is 5.26. The maximum Gasteiger partial charge on any atom is 0.240 e. The number of hydrogen-bond acceptors (Lipinski definition) is 4. The van der Waals surface area contributed by atoms with Crippen molar-refractivity contribution in [1.29, 1.82) is 0 Å². The zero-order chi connectivity index (χ0) is 18.1. The van der Waals surface area contributed by atoms with Gasteiger partial charge in [-0.25, -0.2) is 13.1 Å². The van der Waals surface area contributed by atoms with Crippen LogP contribution in [0.5, 0.6) is 0 Å². The molecular formula is C19H26N2O4S. The van der Waals surface area contributed by atoms with E-state index in [1.165, 1.54) is 0 Å². The third kappa shape index (κ3) is 3.66. The molecule has 0 unspecified atom stereocenters. The summed E-state index contributed by atoms with van der Waals surface area (Å²) in [4.78, 5) is 15.0. The van der Waals surface area contributed by atoms with E-state index in [-0.39, 0.29) is 17.9 Å². The minimum Gasteiger partial charge on any atom is -0.381 e. The van der Waals surface area contributed by atoms with Crippen molar-refractivity contribution in [1.82, 2.24) is 9.62 Å². The Bertz CT molecular complexity index is 783. The Kier molecular flexibility index (Phi) is 5.03. The molecule has 2 heterocycles. The van der Waals surface area contributed by atoms with Crippen LogP contribution in [0.2, 0.25) is 0 Å². The Balaban J connectivity index is 1.49. The first-order valence-electron chi connectivity index (χ1n) is 9.53. The summed E-state index contributed by atoms with van der Waals surface area (Å²) in [5, 5.41) is 0. The molecule has 1 aliphatic carbocycles.